The van der Waals surface area contributed by atoms with Crippen molar-refractivity contribution in [2.75, 3.05) is 14.1 Å². The monoisotopic (exact) mass is 316 g/mol. The van der Waals surface area contributed by atoms with Gasteiger partial charge in [-0.1, -0.05) is 66.7 Å². The Kier molecular flexibility index (Phi) is 4.59. The highest BCUT2D eigenvalue weighted by atomic mass is 16.1. The molecule has 0 amide bonds. The molecule has 0 bridgehead atoms. The van der Waals surface area contributed by atoms with E-state index in [4.69, 9.17) is 0 Å². The number of carbonyl (C=O) groups excluding carboxylic acids is 1. The molecule has 0 aliphatic rings. The highest BCUT2D eigenvalue weighted by Gasteiger charge is 2.26. The molecule has 3 aromatic carbocycles. The van der Waals surface area contributed by atoms with Crippen LogP contribution in [0.1, 0.15) is 15.9 Å². The van der Waals surface area contributed by atoms with Crippen LogP contribution in [-0.2, 0) is 6.42 Å². The van der Waals surface area contributed by atoms with E-state index in [1.54, 1.807) is 0 Å². The summed E-state index contributed by atoms with van der Waals surface area (Å²) in [6.45, 7) is 0. The summed E-state index contributed by atoms with van der Waals surface area (Å²) < 4.78 is 0.610. The minimum Gasteiger partial charge on any atom is -0.294 e. The fraction of sp³-hybridized carbons (Fsp3) is 0.136. The first-order valence-corrected chi connectivity index (χ1v) is 8.15. The maximum Gasteiger partial charge on any atom is 0.167 e. The lowest BCUT2D eigenvalue weighted by molar-refractivity contribution is 0.0993. The highest BCUT2D eigenvalue weighted by Crippen LogP contribution is 2.33. The first-order chi connectivity index (χ1) is 11.6. The molecule has 3 aromatic rings. The molecular weight excluding hydrogens is 294 g/mol. The topological polar surface area (TPSA) is 17.1 Å². The van der Waals surface area contributed by atoms with Crippen molar-refractivity contribution in [1.82, 2.24) is 4.48 Å². The summed E-state index contributed by atoms with van der Waals surface area (Å²) in [5.41, 5.74) is 4.17. The fourth-order valence-electron chi connectivity index (χ4n) is 3.04. The summed E-state index contributed by atoms with van der Waals surface area (Å²) in [5.74, 6) is 0.149. The highest BCUT2D eigenvalue weighted by molar-refractivity contribution is 5.98. The van der Waals surface area contributed by atoms with Crippen LogP contribution in [0.5, 0.6) is 0 Å². The van der Waals surface area contributed by atoms with Crippen LogP contribution in [0.3, 0.4) is 0 Å². The molecular formula is C22H22NO+. The van der Waals surface area contributed by atoms with Crippen LogP contribution in [0.15, 0.2) is 84.9 Å². The number of quaternary nitrogens is 1. The molecule has 0 saturated heterocycles. The van der Waals surface area contributed by atoms with Gasteiger partial charge in [0.25, 0.3) is 0 Å². The van der Waals surface area contributed by atoms with E-state index in [1.807, 2.05) is 60.7 Å². The van der Waals surface area contributed by atoms with Gasteiger partial charge >= 0.3 is 0 Å². The molecule has 0 heterocycles. The van der Waals surface area contributed by atoms with Gasteiger partial charge < -0.3 is 0 Å². The van der Waals surface area contributed by atoms with E-state index in [0.717, 1.165) is 16.8 Å². The van der Waals surface area contributed by atoms with Gasteiger partial charge in [0.2, 0.25) is 0 Å². The number of hydrogen-bond donors (Lipinski definition) is 0. The van der Waals surface area contributed by atoms with Gasteiger partial charge in [-0.3, -0.25) is 9.28 Å². The van der Waals surface area contributed by atoms with Crippen LogP contribution in [0.2, 0.25) is 0 Å². The van der Waals surface area contributed by atoms with Gasteiger partial charge in [0.1, 0.15) is 11.4 Å². The standard InChI is InChI=1S/C22H22NO/c1-23(2,20-14-7-4-8-15-20)21-16-10-9-13-19(21)17-22(24)18-11-5-3-6-12-18/h3-16H,17H2,1-2H3/q+1. The number of hydrogen-bond acceptors (Lipinski definition) is 1. The summed E-state index contributed by atoms with van der Waals surface area (Å²) in [6.07, 6.45) is 0.411. The Labute approximate surface area is 143 Å². The molecule has 120 valence electrons. The molecule has 2 nitrogen and oxygen atoms in total. The quantitative estimate of drug-likeness (QED) is 0.477. The summed E-state index contributed by atoms with van der Waals surface area (Å²) >= 11 is 0. The molecule has 0 N–H and O–H groups in total. The zero-order valence-corrected chi connectivity index (χ0v) is 14.1. The van der Waals surface area contributed by atoms with E-state index < -0.39 is 0 Å². The number of Topliss-reactive ketones (excluding diaryl/α,β-unsaturated/α-hetero) is 1. The second kappa shape index (κ2) is 6.81. The molecule has 0 aromatic heterocycles. The first kappa shape index (κ1) is 16.2. The van der Waals surface area contributed by atoms with Gasteiger partial charge in [-0.2, -0.15) is 0 Å². The Bertz CT molecular complexity index is 823. The molecule has 0 radical (unpaired) electrons. The van der Waals surface area contributed by atoms with E-state index in [-0.39, 0.29) is 5.78 Å². The Morgan fingerprint density at radius 3 is 1.96 bits per heavy atom. The van der Waals surface area contributed by atoms with E-state index >= 15 is 0 Å². The van der Waals surface area contributed by atoms with Crippen molar-refractivity contribution in [3.05, 3.63) is 96.1 Å². The van der Waals surface area contributed by atoms with Crippen molar-refractivity contribution in [1.29, 1.82) is 0 Å². The van der Waals surface area contributed by atoms with Gasteiger partial charge in [0, 0.05) is 17.5 Å². The van der Waals surface area contributed by atoms with Crippen LogP contribution < -0.4 is 4.48 Å². The normalized spacial score (nSPS) is 11.2. The minimum absolute atomic E-state index is 0.149. The maximum absolute atomic E-state index is 12.6. The lowest BCUT2D eigenvalue weighted by Crippen LogP contribution is -2.35. The summed E-state index contributed by atoms with van der Waals surface area (Å²) in [5, 5.41) is 0. The molecule has 0 aliphatic carbocycles. The first-order valence-electron chi connectivity index (χ1n) is 8.15. The molecule has 0 unspecified atom stereocenters. The van der Waals surface area contributed by atoms with E-state index in [0.29, 0.717) is 10.9 Å². The number of para-hydroxylation sites is 2. The number of carbonyl (C=O) groups is 1. The van der Waals surface area contributed by atoms with Crippen molar-refractivity contribution in [2.24, 2.45) is 0 Å². The van der Waals surface area contributed by atoms with Crippen molar-refractivity contribution in [3.8, 4) is 0 Å². The van der Waals surface area contributed by atoms with Gasteiger partial charge in [0.05, 0.1) is 14.1 Å². The van der Waals surface area contributed by atoms with Crippen LogP contribution >= 0.6 is 0 Å². The number of ketones is 1. The third kappa shape index (κ3) is 3.29. The van der Waals surface area contributed by atoms with Crippen LogP contribution in [0.4, 0.5) is 11.4 Å². The maximum atomic E-state index is 12.6. The third-order valence-corrected chi connectivity index (χ3v) is 4.44. The SMILES string of the molecule is C[N+](C)(c1ccccc1)c1ccccc1CC(=O)c1ccccc1. The Morgan fingerprint density at radius 1 is 0.750 bits per heavy atom. The van der Waals surface area contributed by atoms with E-state index in [2.05, 4.69) is 38.4 Å². The molecule has 3 rings (SSSR count). The Balaban J connectivity index is 1.95. The number of benzene rings is 3. The summed E-state index contributed by atoms with van der Waals surface area (Å²) in [6, 6.07) is 28.1. The molecule has 0 spiro atoms. The van der Waals surface area contributed by atoms with Crippen LogP contribution in [0, 0.1) is 0 Å². The van der Waals surface area contributed by atoms with Gasteiger partial charge in [-0.05, 0) is 18.2 Å². The lowest BCUT2D eigenvalue weighted by Gasteiger charge is -2.30. The average Bonchev–Trinajstić information content (AvgIpc) is 2.63. The van der Waals surface area contributed by atoms with Crippen LogP contribution in [0.25, 0.3) is 0 Å². The Morgan fingerprint density at radius 2 is 1.29 bits per heavy atom. The number of nitrogens with zero attached hydrogens (tertiary/aromatic N) is 1. The average molecular weight is 316 g/mol. The molecule has 24 heavy (non-hydrogen) atoms. The second-order valence-electron chi connectivity index (χ2n) is 6.38. The predicted molar refractivity (Wildman–Crippen MR) is 101 cm³/mol. The van der Waals surface area contributed by atoms with E-state index in [1.165, 1.54) is 5.69 Å². The molecule has 0 saturated carbocycles. The van der Waals surface area contributed by atoms with Gasteiger partial charge in [0.15, 0.2) is 5.78 Å². The largest absolute Gasteiger partial charge is 0.294 e. The van der Waals surface area contributed by atoms with Crippen molar-refractivity contribution in [3.63, 3.8) is 0 Å². The zero-order chi connectivity index (χ0) is 17.0. The lowest BCUT2D eigenvalue weighted by atomic mass is 10.00. The van der Waals surface area contributed by atoms with Crippen molar-refractivity contribution in [2.45, 2.75) is 6.42 Å². The molecule has 2 heteroatoms. The van der Waals surface area contributed by atoms with Crippen LogP contribution in [-0.4, -0.2) is 19.9 Å². The van der Waals surface area contributed by atoms with Gasteiger partial charge in [-0.25, -0.2) is 0 Å². The molecule has 0 fully saturated rings. The minimum atomic E-state index is 0.149. The van der Waals surface area contributed by atoms with Crippen molar-refractivity contribution < 1.29 is 4.79 Å². The summed E-state index contributed by atoms with van der Waals surface area (Å²) in [4.78, 5) is 12.6. The predicted octanol–water partition coefficient (Wildman–Crippen LogP) is 5.01. The van der Waals surface area contributed by atoms with Gasteiger partial charge in [-0.15, -0.1) is 0 Å². The molecule has 0 atom stereocenters. The van der Waals surface area contributed by atoms with Crippen molar-refractivity contribution >= 4 is 17.2 Å². The number of rotatable bonds is 5. The molecule has 0 aliphatic heterocycles. The fourth-order valence-corrected chi connectivity index (χ4v) is 3.04. The summed E-state index contributed by atoms with van der Waals surface area (Å²) in [7, 11) is 4.31. The third-order valence-electron chi connectivity index (χ3n) is 4.44. The van der Waals surface area contributed by atoms with E-state index in [9.17, 15) is 4.79 Å². The smallest absolute Gasteiger partial charge is 0.167 e. The second-order valence-corrected chi connectivity index (χ2v) is 6.38. The zero-order valence-electron chi connectivity index (χ0n) is 14.1. The Hall–Kier alpha value is -2.71.